The molecule has 0 aromatic heterocycles. The Bertz CT molecular complexity index is 1380. The Hall–Kier alpha value is -4.46. The SMILES string of the molecule is CCOc1cc(/C=C2\C(=O)NC(=O)N(c3ccc(C)cc3C)C2=O)ccc1OCc1ccccc1F. The molecule has 4 amide bonds. The number of barbiturate groups is 1. The molecule has 1 aliphatic rings. The van der Waals surface area contributed by atoms with Crippen LogP contribution in [0.2, 0.25) is 0 Å². The van der Waals surface area contributed by atoms with Crippen LogP contribution < -0.4 is 19.7 Å². The van der Waals surface area contributed by atoms with Crippen molar-refractivity contribution < 1.29 is 28.2 Å². The van der Waals surface area contributed by atoms with E-state index in [9.17, 15) is 18.8 Å². The lowest BCUT2D eigenvalue weighted by Gasteiger charge is -2.27. The molecule has 1 heterocycles. The Balaban J connectivity index is 1.63. The minimum atomic E-state index is -0.805. The molecule has 8 heteroatoms. The average molecular weight is 489 g/mol. The number of urea groups is 1. The average Bonchev–Trinajstić information content (AvgIpc) is 2.83. The van der Waals surface area contributed by atoms with Gasteiger partial charge in [-0.1, -0.05) is 42.0 Å². The topological polar surface area (TPSA) is 84.9 Å². The van der Waals surface area contributed by atoms with E-state index in [1.165, 1.54) is 12.1 Å². The van der Waals surface area contributed by atoms with Gasteiger partial charge in [-0.15, -0.1) is 0 Å². The summed E-state index contributed by atoms with van der Waals surface area (Å²) >= 11 is 0. The predicted octanol–water partition coefficient (Wildman–Crippen LogP) is 5.09. The third-order valence-electron chi connectivity index (χ3n) is 5.61. The van der Waals surface area contributed by atoms with Gasteiger partial charge in [0.1, 0.15) is 18.0 Å². The van der Waals surface area contributed by atoms with Crippen LogP contribution in [-0.2, 0) is 16.2 Å². The maximum Gasteiger partial charge on any atom is 0.335 e. The van der Waals surface area contributed by atoms with Crippen molar-refractivity contribution in [2.75, 3.05) is 11.5 Å². The normalized spacial score (nSPS) is 14.7. The maximum atomic E-state index is 13.9. The molecule has 3 aromatic carbocycles. The van der Waals surface area contributed by atoms with Gasteiger partial charge in [0.2, 0.25) is 0 Å². The summed E-state index contributed by atoms with van der Waals surface area (Å²) in [5.41, 5.74) is 2.79. The van der Waals surface area contributed by atoms with Gasteiger partial charge < -0.3 is 9.47 Å². The highest BCUT2D eigenvalue weighted by Gasteiger charge is 2.37. The summed E-state index contributed by atoms with van der Waals surface area (Å²) in [4.78, 5) is 39.3. The zero-order valence-electron chi connectivity index (χ0n) is 20.1. The number of amides is 4. The number of carbonyl (C=O) groups is 3. The van der Waals surface area contributed by atoms with Crippen LogP contribution in [0.25, 0.3) is 6.08 Å². The van der Waals surface area contributed by atoms with Gasteiger partial charge in [-0.2, -0.15) is 0 Å². The van der Waals surface area contributed by atoms with Crippen molar-refractivity contribution in [3.8, 4) is 11.5 Å². The van der Waals surface area contributed by atoms with Gasteiger partial charge in [0.25, 0.3) is 11.8 Å². The van der Waals surface area contributed by atoms with Gasteiger partial charge in [0.15, 0.2) is 11.5 Å². The summed E-state index contributed by atoms with van der Waals surface area (Å²) in [6.07, 6.45) is 1.39. The molecular weight excluding hydrogens is 463 g/mol. The quantitative estimate of drug-likeness (QED) is 0.370. The number of ether oxygens (including phenoxy) is 2. The lowest BCUT2D eigenvalue weighted by Crippen LogP contribution is -2.54. The smallest absolute Gasteiger partial charge is 0.335 e. The fourth-order valence-electron chi connectivity index (χ4n) is 3.87. The number of imide groups is 2. The van der Waals surface area contributed by atoms with Gasteiger partial charge in [-0.05, 0) is 62.2 Å². The Kier molecular flexibility index (Phi) is 7.15. The molecule has 1 saturated heterocycles. The predicted molar refractivity (Wildman–Crippen MR) is 133 cm³/mol. The molecule has 7 nitrogen and oxygen atoms in total. The molecule has 0 saturated carbocycles. The number of hydrogen-bond donors (Lipinski definition) is 1. The van der Waals surface area contributed by atoms with Crippen molar-refractivity contribution >= 4 is 29.6 Å². The van der Waals surface area contributed by atoms with Gasteiger partial charge in [-0.25, -0.2) is 14.1 Å². The largest absolute Gasteiger partial charge is 0.490 e. The van der Waals surface area contributed by atoms with Crippen LogP contribution in [-0.4, -0.2) is 24.5 Å². The van der Waals surface area contributed by atoms with E-state index in [4.69, 9.17) is 9.47 Å². The number of nitrogens with zero attached hydrogens (tertiary/aromatic N) is 1. The maximum absolute atomic E-state index is 13.9. The highest BCUT2D eigenvalue weighted by Crippen LogP contribution is 2.31. The highest BCUT2D eigenvalue weighted by atomic mass is 19.1. The number of carbonyl (C=O) groups excluding carboxylic acids is 3. The van der Waals surface area contributed by atoms with Crippen molar-refractivity contribution in [1.82, 2.24) is 5.32 Å². The number of nitrogens with one attached hydrogen (secondary N) is 1. The van der Waals surface area contributed by atoms with E-state index in [0.29, 0.717) is 34.9 Å². The van der Waals surface area contributed by atoms with E-state index in [0.717, 1.165) is 16.0 Å². The summed E-state index contributed by atoms with van der Waals surface area (Å²) < 4.78 is 25.4. The Morgan fingerprint density at radius 1 is 0.944 bits per heavy atom. The van der Waals surface area contributed by atoms with E-state index in [2.05, 4.69) is 5.32 Å². The van der Waals surface area contributed by atoms with Crippen LogP contribution in [0.1, 0.15) is 29.2 Å². The molecule has 1 N–H and O–H groups in total. The van der Waals surface area contributed by atoms with Crippen molar-refractivity contribution in [1.29, 1.82) is 0 Å². The van der Waals surface area contributed by atoms with E-state index >= 15 is 0 Å². The van der Waals surface area contributed by atoms with Crippen LogP contribution in [0, 0.1) is 19.7 Å². The number of rotatable bonds is 7. The van der Waals surface area contributed by atoms with Crippen LogP contribution in [0.3, 0.4) is 0 Å². The van der Waals surface area contributed by atoms with Crippen LogP contribution in [0.4, 0.5) is 14.9 Å². The van der Waals surface area contributed by atoms with E-state index < -0.39 is 17.8 Å². The summed E-state index contributed by atoms with van der Waals surface area (Å²) in [5.74, 6) is -1.14. The second kappa shape index (κ2) is 10.4. The molecule has 3 aromatic rings. The van der Waals surface area contributed by atoms with Crippen molar-refractivity contribution in [3.63, 3.8) is 0 Å². The summed E-state index contributed by atoms with van der Waals surface area (Å²) in [7, 11) is 0. The number of benzene rings is 3. The Morgan fingerprint density at radius 3 is 2.44 bits per heavy atom. The minimum absolute atomic E-state index is 0.00104. The standard InChI is InChI=1S/C28H25FN2O5/c1-4-35-25-15-19(10-12-24(25)36-16-20-7-5-6-8-22(20)29)14-21-26(32)30-28(34)31(27(21)33)23-11-9-17(2)13-18(23)3/h5-15H,4,16H2,1-3H3,(H,30,32,34)/b21-14+. The third-order valence-corrected chi connectivity index (χ3v) is 5.61. The molecule has 0 atom stereocenters. The zero-order valence-corrected chi connectivity index (χ0v) is 20.1. The van der Waals surface area contributed by atoms with Crippen molar-refractivity contribution in [2.45, 2.75) is 27.4 Å². The van der Waals surface area contributed by atoms with Crippen LogP contribution in [0.5, 0.6) is 11.5 Å². The van der Waals surface area contributed by atoms with Crippen molar-refractivity contribution in [3.05, 3.63) is 94.3 Å². The monoisotopic (exact) mass is 488 g/mol. The number of aryl methyl sites for hydroxylation is 2. The van der Waals surface area contributed by atoms with Gasteiger partial charge in [-0.3, -0.25) is 14.9 Å². The van der Waals surface area contributed by atoms with Gasteiger partial charge in [0.05, 0.1) is 12.3 Å². The van der Waals surface area contributed by atoms with Crippen LogP contribution >= 0.6 is 0 Å². The molecule has 184 valence electrons. The molecule has 0 aliphatic carbocycles. The van der Waals surface area contributed by atoms with E-state index in [1.807, 2.05) is 13.0 Å². The van der Waals surface area contributed by atoms with Gasteiger partial charge in [0, 0.05) is 5.56 Å². The first kappa shape index (κ1) is 24.7. The second-order valence-corrected chi connectivity index (χ2v) is 8.27. The highest BCUT2D eigenvalue weighted by molar-refractivity contribution is 6.39. The lowest BCUT2D eigenvalue weighted by atomic mass is 10.0. The number of hydrogen-bond acceptors (Lipinski definition) is 5. The third kappa shape index (κ3) is 5.12. The molecule has 0 unspecified atom stereocenters. The molecule has 0 radical (unpaired) electrons. The first-order valence-corrected chi connectivity index (χ1v) is 11.4. The minimum Gasteiger partial charge on any atom is -0.490 e. The summed E-state index contributed by atoms with van der Waals surface area (Å²) in [6, 6.07) is 15.7. The molecule has 0 spiro atoms. The molecular formula is C28H25FN2O5. The van der Waals surface area contributed by atoms with E-state index in [-0.39, 0.29) is 18.0 Å². The van der Waals surface area contributed by atoms with Gasteiger partial charge >= 0.3 is 6.03 Å². The Labute approximate surface area is 208 Å². The van der Waals surface area contributed by atoms with Crippen molar-refractivity contribution in [2.24, 2.45) is 0 Å². The molecule has 0 bridgehead atoms. The first-order chi connectivity index (χ1) is 17.3. The molecule has 1 fully saturated rings. The Morgan fingerprint density at radius 2 is 1.72 bits per heavy atom. The summed E-state index contributed by atoms with van der Waals surface area (Å²) in [5, 5.41) is 2.23. The molecule has 36 heavy (non-hydrogen) atoms. The van der Waals surface area contributed by atoms with E-state index in [1.54, 1.807) is 62.4 Å². The fraction of sp³-hybridized carbons (Fsp3) is 0.179. The first-order valence-electron chi connectivity index (χ1n) is 11.4. The molecule has 1 aliphatic heterocycles. The zero-order chi connectivity index (χ0) is 25.8. The second-order valence-electron chi connectivity index (χ2n) is 8.27. The lowest BCUT2D eigenvalue weighted by molar-refractivity contribution is -0.122. The number of anilines is 1. The van der Waals surface area contributed by atoms with Crippen LogP contribution in [0.15, 0.2) is 66.2 Å². The number of halogens is 1. The molecule has 4 rings (SSSR count). The summed E-state index contributed by atoms with van der Waals surface area (Å²) in [6.45, 7) is 5.84. The fourth-order valence-corrected chi connectivity index (χ4v) is 3.87.